The zero-order valence-electron chi connectivity index (χ0n) is 17.6. The van der Waals surface area contributed by atoms with Gasteiger partial charge in [-0.25, -0.2) is 13.8 Å². The van der Waals surface area contributed by atoms with Gasteiger partial charge in [-0.15, -0.1) is 6.42 Å². The number of benzene rings is 1. The van der Waals surface area contributed by atoms with Crippen molar-refractivity contribution in [3.63, 3.8) is 0 Å². The lowest BCUT2D eigenvalue weighted by atomic mass is 10.1. The average molecular weight is 483 g/mol. The zero-order valence-corrected chi connectivity index (χ0v) is 17.6. The maximum atomic E-state index is 15.1. The van der Waals surface area contributed by atoms with Crippen LogP contribution in [0.5, 0.6) is 5.75 Å². The topological polar surface area (TPSA) is 103 Å². The largest absolute Gasteiger partial charge is 0.475 e. The lowest BCUT2D eigenvalue weighted by molar-refractivity contribution is -0.148. The minimum Gasteiger partial charge on any atom is -0.475 e. The molecule has 180 valence electrons. The van der Waals surface area contributed by atoms with E-state index in [0.29, 0.717) is 12.8 Å². The van der Waals surface area contributed by atoms with E-state index in [9.17, 15) is 32.7 Å². The Morgan fingerprint density at radius 1 is 1.24 bits per heavy atom. The summed E-state index contributed by atoms with van der Waals surface area (Å²) in [5.74, 6) is 0.566. The molecule has 13 heteroatoms. The number of halogens is 4. The number of anilines is 1. The monoisotopic (exact) mass is 483 g/mol. The van der Waals surface area contributed by atoms with E-state index in [2.05, 4.69) is 10.7 Å². The predicted octanol–water partition coefficient (Wildman–Crippen LogP) is 1.01. The number of aliphatic hydroxyl groups is 1. The number of carbonyl (C=O) groups excluding carboxylic acids is 1. The second kappa shape index (κ2) is 8.00. The number of alkyl halides is 3. The van der Waals surface area contributed by atoms with E-state index in [1.807, 2.05) is 0 Å². The molecular weight excluding hydrogens is 466 g/mol. The maximum Gasteiger partial charge on any atom is 0.431 e. The fourth-order valence-corrected chi connectivity index (χ4v) is 3.73. The first-order valence-electron chi connectivity index (χ1n) is 9.87. The molecule has 2 aromatic rings. The molecule has 1 aromatic heterocycles. The summed E-state index contributed by atoms with van der Waals surface area (Å²) < 4.78 is 65.9. The van der Waals surface area contributed by atoms with Crippen LogP contribution in [0.15, 0.2) is 27.8 Å². The summed E-state index contributed by atoms with van der Waals surface area (Å²) in [5.41, 5.74) is -6.66. The quantitative estimate of drug-likeness (QED) is 0.387. The molecular formula is C21H17F4N3O6. The Balaban J connectivity index is 1.95. The summed E-state index contributed by atoms with van der Waals surface area (Å²) in [6.07, 6.45) is -0.845. The molecule has 0 radical (unpaired) electrons. The molecule has 1 unspecified atom stereocenters. The van der Waals surface area contributed by atoms with Crippen molar-refractivity contribution in [3.05, 3.63) is 50.5 Å². The normalized spacial score (nSPS) is 17.2. The SMILES string of the molecule is C#CCN1C(=O)C2(CC2)Oc2cc(F)c(-n3c(=O)cc(C(F)(F)F)n(CC(O)OC)c3=O)cc21. The molecule has 1 aliphatic carbocycles. The number of terminal acetylenes is 1. The molecule has 1 saturated carbocycles. The third kappa shape index (κ3) is 3.74. The zero-order chi connectivity index (χ0) is 25.0. The lowest BCUT2D eigenvalue weighted by Crippen LogP contribution is -2.48. The fourth-order valence-electron chi connectivity index (χ4n) is 3.73. The van der Waals surface area contributed by atoms with Crippen molar-refractivity contribution in [2.75, 3.05) is 18.6 Å². The summed E-state index contributed by atoms with van der Waals surface area (Å²) in [5, 5.41) is 9.66. The Labute approximate surface area is 188 Å². The number of carbonyl (C=O) groups is 1. The minimum absolute atomic E-state index is 0.0495. The molecule has 0 saturated heterocycles. The first kappa shape index (κ1) is 23.5. The highest BCUT2D eigenvalue weighted by Gasteiger charge is 2.58. The number of hydrogen-bond acceptors (Lipinski definition) is 6. The van der Waals surface area contributed by atoms with Gasteiger partial charge in [0.15, 0.2) is 17.7 Å². The molecule has 34 heavy (non-hydrogen) atoms. The molecule has 1 fully saturated rings. The molecule has 9 nitrogen and oxygen atoms in total. The number of amides is 1. The molecule has 1 amide bonds. The van der Waals surface area contributed by atoms with E-state index in [1.165, 1.54) is 0 Å². The standard InChI is InChI=1S/C21H17F4N3O6/c1-3-6-26-13-8-12(11(22)7-14(13)34-20(4-5-20)18(26)31)28-16(29)9-15(21(23,24)25)27(19(28)32)10-17(30)33-2/h1,7-9,17,30H,4-6,10H2,2H3. The Morgan fingerprint density at radius 2 is 1.91 bits per heavy atom. The van der Waals surface area contributed by atoms with Crippen LogP contribution in [-0.2, 0) is 22.3 Å². The van der Waals surface area contributed by atoms with Gasteiger partial charge in [-0.3, -0.25) is 19.1 Å². The van der Waals surface area contributed by atoms with Gasteiger partial charge in [0.2, 0.25) is 0 Å². The molecule has 2 heterocycles. The number of methoxy groups -OCH3 is 1. The van der Waals surface area contributed by atoms with Crippen LogP contribution in [0.1, 0.15) is 18.5 Å². The second-order valence-electron chi connectivity index (χ2n) is 7.75. The van der Waals surface area contributed by atoms with E-state index in [1.54, 1.807) is 0 Å². The van der Waals surface area contributed by atoms with Gasteiger partial charge in [0.25, 0.3) is 11.5 Å². The third-order valence-electron chi connectivity index (χ3n) is 5.55. The average Bonchev–Trinajstić information content (AvgIpc) is 3.53. The van der Waals surface area contributed by atoms with Crippen LogP contribution in [-0.4, -0.2) is 45.7 Å². The van der Waals surface area contributed by atoms with Gasteiger partial charge in [-0.05, 0) is 6.07 Å². The number of aromatic nitrogens is 2. The van der Waals surface area contributed by atoms with Gasteiger partial charge in [0, 0.05) is 32.1 Å². The number of ether oxygens (including phenoxy) is 2. The van der Waals surface area contributed by atoms with Crippen LogP contribution < -0.4 is 20.9 Å². The molecule has 1 aromatic carbocycles. The van der Waals surface area contributed by atoms with Crippen molar-refractivity contribution in [1.29, 1.82) is 0 Å². The second-order valence-corrected chi connectivity index (χ2v) is 7.75. The van der Waals surface area contributed by atoms with E-state index < -0.39 is 59.0 Å². The Hall–Kier alpha value is -3.63. The van der Waals surface area contributed by atoms with Gasteiger partial charge >= 0.3 is 11.9 Å². The van der Waals surface area contributed by atoms with Gasteiger partial charge in [-0.2, -0.15) is 13.2 Å². The summed E-state index contributed by atoms with van der Waals surface area (Å²) in [7, 11) is 0.992. The number of nitrogens with zero attached hydrogens (tertiary/aromatic N) is 3. The van der Waals surface area contributed by atoms with E-state index in [-0.39, 0.29) is 33.2 Å². The molecule has 1 N–H and O–H groups in total. The van der Waals surface area contributed by atoms with E-state index >= 15 is 4.39 Å². The van der Waals surface area contributed by atoms with Crippen LogP contribution >= 0.6 is 0 Å². The molecule has 2 aliphatic rings. The van der Waals surface area contributed by atoms with E-state index in [0.717, 1.165) is 24.1 Å². The molecule has 4 rings (SSSR count). The Kier molecular flexibility index (Phi) is 5.53. The highest BCUT2D eigenvalue weighted by atomic mass is 19.4. The Morgan fingerprint density at radius 3 is 2.47 bits per heavy atom. The van der Waals surface area contributed by atoms with Crippen LogP contribution in [0.4, 0.5) is 23.2 Å². The van der Waals surface area contributed by atoms with Gasteiger partial charge in [0.05, 0.1) is 24.5 Å². The van der Waals surface area contributed by atoms with Crippen molar-refractivity contribution in [2.45, 2.75) is 37.5 Å². The van der Waals surface area contributed by atoms with Crippen molar-refractivity contribution in [2.24, 2.45) is 0 Å². The summed E-state index contributed by atoms with van der Waals surface area (Å²) in [6, 6.07) is 1.86. The van der Waals surface area contributed by atoms with E-state index in [4.69, 9.17) is 11.2 Å². The highest BCUT2D eigenvalue weighted by molar-refractivity contribution is 6.05. The highest BCUT2D eigenvalue weighted by Crippen LogP contribution is 2.49. The van der Waals surface area contributed by atoms with Crippen molar-refractivity contribution < 1.29 is 36.9 Å². The number of hydrogen-bond donors (Lipinski definition) is 1. The van der Waals surface area contributed by atoms with Gasteiger partial charge < -0.3 is 14.6 Å². The van der Waals surface area contributed by atoms with Crippen LogP contribution in [0.25, 0.3) is 5.69 Å². The summed E-state index contributed by atoms with van der Waals surface area (Å²) >= 11 is 0. The maximum absolute atomic E-state index is 15.1. The molecule has 1 spiro atoms. The van der Waals surface area contributed by atoms with Crippen LogP contribution in [0, 0.1) is 18.2 Å². The van der Waals surface area contributed by atoms with Crippen molar-refractivity contribution in [3.8, 4) is 23.8 Å². The first-order valence-corrected chi connectivity index (χ1v) is 9.87. The van der Waals surface area contributed by atoms with Gasteiger partial charge in [0.1, 0.15) is 11.4 Å². The number of rotatable bonds is 5. The molecule has 0 bridgehead atoms. The van der Waals surface area contributed by atoms with Crippen LogP contribution in [0.2, 0.25) is 0 Å². The van der Waals surface area contributed by atoms with Gasteiger partial charge in [-0.1, -0.05) is 5.92 Å². The smallest absolute Gasteiger partial charge is 0.431 e. The fraction of sp³-hybridized carbons (Fsp3) is 0.381. The lowest BCUT2D eigenvalue weighted by Gasteiger charge is -2.34. The molecule has 1 atom stereocenters. The number of aliphatic hydroxyl groups excluding tert-OH is 1. The molecule has 1 aliphatic heterocycles. The third-order valence-corrected chi connectivity index (χ3v) is 5.55. The van der Waals surface area contributed by atoms with Crippen molar-refractivity contribution in [1.82, 2.24) is 9.13 Å². The summed E-state index contributed by atoms with van der Waals surface area (Å²) in [4.78, 5) is 39.5. The Bertz CT molecular complexity index is 1340. The summed E-state index contributed by atoms with van der Waals surface area (Å²) in [6.45, 7) is -1.22. The predicted molar refractivity (Wildman–Crippen MR) is 108 cm³/mol. The first-order chi connectivity index (χ1) is 15.9. The van der Waals surface area contributed by atoms with Crippen molar-refractivity contribution >= 4 is 11.6 Å². The number of fused-ring (bicyclic) bond motifs is 1. The van der Waals surface area contributed by atoms with Crippen LogP contribution in [0.3, 0.4) is 0 Å². The minimum atomic E-state index is -5.14.